The number of oxazole rings is 1. The van der Waals surface area contributed by atoms with E-state index < -0.39 is 23.7 Å². The van der Waals surface area contributed by atoms with Gasteiger partial charge in [0.05, 0.1) is 6.04 Å². The highest BCUT2D eigenvalue weighted by atomic mass is 19.3. The molecule has 1 aromatic carbocycles. The van der Waals surface area contributed by atoms with E-state index >= 15 is 0 Å². The predicted octanol–water partition coefficient (Wildman–Crippen LogP) is 4.79. The van der Waals surface area contributed by atoms with Gasteiger partial charge in [0.1, 0.15) is 23.0 Å². The second-order valence-electron chi connectivity index (χ2n) is 7.07. The molecule has 5 nitrogen and oxygen atoms in total. The maximum atomic E-state index is 13.6. The molecule has 8 heteroatoms. The minimum Gasteiger partial charge on any atom is -0.441 e. The molecule has 0 aliphatic heterocycles. The van der Waals surface area contributed by atoms with Crippen LogP contribution in [-0.4, -0.2) is 15.9 Å². The fourth-order valence-corrected chi connectivity index (χ4v) is 3.36. The van der Waals surface area contributed by atoms with Crippen molar-refractivity contribution in [1.29, 1.82) is 0 Å². The molecular weight excluding hydrogens is 383 g/mol. The van der Waals surface area contributed by atoms with Gasteiger partial charge < -0.3 is 9.73 Å². The zero-order chi connectivity index (χ0) is 20.6. The van der Waals surface area contributed by atoms with Crippen molar-refractivity contribution >= 4 is 5.91 Å². The first-order chi connectivity index (χ1) is 13.8. The minimum atomic E-state index is -3.08. The normalized spacial score (nSPS) is 16.3. The van der Waals surface area contributed by atoms with Gasteiger partial charge in [-0.15, -0.1) is 0 Å². The molecule has 150 valence electrons. The Morgan fingerprint density at radius 1 is 1.28 bits per heavy atom. The Labute approximate surface area is 165 Å². The van der Waals surface area contributed by atoms with Crippen LogP contribution in [0.5, 0.6) is 0 Å². The van der Waals surface area contributed by atoms with Crippen LogP contribution in [0.2, 0.25) is 0 Å². The number of amides is 1. The Morgan fingerprint density at radius 2 is 2.10 bits per heavy atom. The zero-order valence-electron chi connectivity index (χ0n) is 15.6. The fourth-order valence-electron chi connectivity index (χ4n) is 3.36. The van der Waals surface area contributed by atoms with Crippen molar-refractivity contribution in [3.63, 3.8) is 0 Å². The first kappa shape index (κ1) is 19.2. The summed E-state index contributed by atoms with van der Waals surface area (Å²) in [5.74, 6) is -3.17. The van der Waals surface area contributed by atoms with Crippen molar-refractivity contribution in [1.82, 2.24) is 15.3 Å². The summed E-state index contributed by atoms with van der Waals surface area (Å²) < 4.78 is 46.4. The first-order valence-electron chi connectivity index (χ1n) is 9.22. The van der Waals surface area contributed by atoms with Crippen molar-refractivity contribution in [2.45, 2.75) is 38.2 Å². The molecule has 2 aromatic heterocycles. The summed E-state index contributed by atoms with van der Waals surface area (Å²) in [6.07, 6.45) is 3.34. The Balaban J connectivity index is 1.61. The molecule has 1 aliphatic carbocycles. The molecule has 1 aliphatic rings. The third-order valence-electron chi connectivity index (χ3n) is 4.80. The third-order valence-corrected chi connectivity index (χ3v) is 4.80. The van der Waals surface area contributed by atoms with Gasteiger partial charge in [0.15, 0.2) is 0 Å². The van der Waals surface area contributed by atoms with E-state index in [-0.39, 0.29) is 17.1 Å². The van der Waals surface area contributed by atoms with Crippen LogP contribution in [0.25, 0.3) is 11.5 Å². The van der Waals surface area contributed by atoms with Crippen molar-refractivity contribution in [3.05, 3.63) is 71.1 Å². The summed E-state index contributed by atoms with van der Waals surface area (Å²) in [7, 11) is 0. The number of alkyl halides is 2. The Bertz CT molecular complexity index is 1060. The number of carbonyl (C=O) groups excluding carboxylic acids is 1. The van der Waals surface area contributed by atoms with E-state index in [0.29, 0.717) is 29.9 Å². The second kappa shape index (κ2) is 7.35. The van der Waals surface area contributed by atoms with Crippen LogP contribution in [0.1, 0.15) is 53.3 Å². The molecule has 0 fully saturated rings. The minimum absolute atomic E-state index is 0.204. The van der Waals surface area contributed by atoms with Crippen LogP contribution in [-0.2, 0) is 12.3 Å². The zero-order valence-corrected chi connectivity index (χ0v) is 15.6. The average molecular weight is 401 g/mol. The lowest BCUT2D eigenvalue weighted by atomic mass is 9.96. The summed E-state index contributed by atoms with van der Waals surface area (Å²) in [6.45, 7) is 0.775. The number of fused-ring (bicyclic) bond motifs is 1. The molecule has 1 N–H and O–H groups in total. The Kier molecular flexibility index (Phi) is 4.86. The number of rotatable bonds is 4. The summed E-state index contributed by atoms with van der Waals surface area (Å²) >= 11 is 0. The second-order valence-corrected chi connectivity index (χ2v) is 7.07. The van der Waals surface area contributed by atoms with E-state index in [1.54, 1.807) is 6.07 Å². The van der Waals surface area contributed by atoms with Gasteiger partial charge in [-0.1, -0.05) is 6.07 Å². The molecular formula is C21H18F3N3O2. The molecule has 1 amide bonds. The summed E-state index contributed by atoms with van der Waals surface area (Å²) in [6, 6.07) is 7.82. The number of hydrogen-bond acceptors (Lipinski definition) is 4. The van der Waals surface area contributed by atoms with E-state index in [1.165, 1.54) is 30.5 Å². The Morgan fingerprint density at radius 3 is 2.86 bits per heavy atom. The lowest BCUT2D eigenvalue weighted by Crippen LogP contribution is -2.31. The molecule has 4 rings (SSSR count). The number of nitrogens with one attached hydrogen (secondary N) is 1. The fraction of sp³-hybridized carbons (Fsp3) is 0.286. The van der Waals surface area contributed by atoms with Crippen LogP contribution < -0.4 is 5.32 Å². The van der Waals surface area contributed by atoms with Crippen LogP contribution >= 0.6 is 0 Å². The smallest absolute Gasteiger partial charge is 0.286 e. The number of pyridine rings is 1. The molecule has 1 atom stereocenters. The molecule has 0 spiro atoms. The van der Waals surface area contributed by atoms with Gasteiger partial charge in [0.25, 0.3) is 11.8 Å². The van der Waals surface area contributed by atoms with Crippen LogP contribution in [0, 0.1) is 5.82 Å². The van der Waals surface area contributed by atoms with E-state index in [0.717, 1.165) is 19.4 Å². The number of aromatic nitrogens is 2. The van der Waals surface area contributed by atoms with Crippen molar-refractivity contribution in [3.8, 4) is 11.5 Å². The monoisotopic (exact) mass is 401 g/mol. The SMILES string of the molecule is CC(F)(F)c1cc(-c2nc3c(o2)CCC[C@H]3NC(=O)c2cccc(F)c2)ccn1. The molecule has 3 aromatic rings. The number of carbonyl (C=O) groups is 1. The van der Waals surface area contributed by atoms with Gasteiger partial charge in [-0.2, -0.15) is 8.78 Å². The Hall–Kier alpha value is -3.16. The third kappa shape index (κ3) is 4.01. The predicted molar refractivity (Wildman–Crippen MR) is 98.8 cm³/mol. The summed E-state index contributed by atoms with van der Waals surface area (Å²) in [5.41, 5.74) is 0.797. The van der Waals surface area contributed by atoms with Crippen LogP contribution in [0.4, 0.5) is 13.2 Å². The van der Waals surface area contributed by atoms with Crippen molar-refractivity contribution < 1.29 is 22.4 Å². The maximum absolute atomic E-state index is 13.6. The van der Waals surface area contributed by atoms with E-state index in [4.69, 9.17) is 4.42 Å². The van der Waals surface area contributed by atoms with Gasteiger partial charge in [0, 0.05) is 30.7 Å². The van der Waals surface area contributed by atoms with Crippen LogP contribution in [0.3, 0.4) is 0 Å². The molecule has 0 bridgehead atoms. The highest BCUT2D eigenvalue weighted by molar-refractivity contribution is 5.94. The quantitative estimate of drug-likeness (QED) is 0.682. The van der Waals surface area contributed by atoms with E-state index in [2.05, 4.69) is 15.3 Å². The number of aryl methyl sites for hydroxylation is 1. The summed E-state index contributed by atoms with van der Waals surface area (Å²) in [5, 5.41) is 2.86. The number of benzene rings is 1. The average Bonchev–Trinajstić information content (AvgIpc) is 3.13. The van der Waals surface area contributed by atoms with Gasteiger partial charge in [-0.3, -0.25) is 9.78 Å². The largest absolute Gasteiger partial charge is 0.441 e. The lowest BCUT2D eigenvalue weighted by Gasteiger charge is -2.21. The number of halogens is 3. The molecule has 0 unspecified atom stereocenters. The maximum Gasteiger partial charge on any atom is 0.286 e. The molecule has 0 radical (unpaired) electrons. The molecule has 0 saturated carbocycles. The highest BCUT2D eigenvalue weighted by Crippen LogP contribution is 2.34. The van der Waals surface area contributed by atoms with Gasteiger partial charge in [-0.05, 0) is 43.2 Å². The van der Waals surface area contributed by atoms with Crippen molar-refractivity contribution in [2.24, 2.45) is 0 Å². The number of nitrogens with zero attached hydrogens (tertiary/aromatic N) is 2. The standard InChI is InChI=1S/C21H18F3N3O2/c1-21(23,24)17-11-13(8-9-25-17)20-27-18-15(6-3-7-16(18)29-20)26-19(28)12-4-2-5-14(22)10-12/h2,4-5,8-11,15H,3,6-7H2,1H3,(H,26,28)/t15-/m1/s1. The van der Waals surface area contributed by atoms with Gasteiger partial charge >= 0.3 is 0 Å². The van der Waals surface area contributed by atoms with Crippen molar-refractivity contribution in [2.75, 3.05) is 0 Å². The number of hydrogen-bond donors (Lipinski definition) is 1. The van der Waals surface area contributed by atoms with Gasteiger partial charge in [0.2, 0.25) is 5.89 Å². The van der Waals surface area contributed by atoms with Crippen LogP contribution in [0.15, 0.2) is 47.0 Å². The van der Waals surface area contributed by atoms with E-state index in [9.17, 15) is 18.0 Å². The van der Waals surface area contributed by atoms with E-state index in [1.807, 2.05) is 0 Å². The lowest BCUT2D eigenvalue weighted by molar-refractivity contribution is 0.0128. The molecule has 0 saturated heterocycles. The molecule has 29 heavy (non-hydrogen) atoms. The molecule has 2 heterocycles. The first-order valence-corrected chi connectivity index (χ1v) is 9.22. The summed E-state index contributed by atoms with van der Waals surface area (Å²) in [4.78, 5) is 20.6. The highest BCUT2D eigenvalue weighted by Gasteiger charge is 2.30. The van der Waals surface area contributed by atoms with Gasteiger partial charge in [-0.25, -0.2) is 9.37 Å². The topological polar surface area (TPSA) is 68.0 Å².